The third-order valence-electron chi connectivity index (χ3n) is 7.09. The number of aliphatic hydroxyl groups is 3. The monoisotopic (exact) mass is 532 g/mol. The largest absolute Gasteiger partial charge is 0.388 e. The number of hydrogen-bond acceptors (Lipinski definition) is 5. The average molecular weight is 533 g/mol. The van der Waals surface area contributed by atoms with Gasteiger partial charge in [0.25, 0.3) is 0 Å². The first-order valence-corrected chi connectivity index (χ1v) is 13.2. The van der Waals surface area contributed by atoms with Crippen LogP contribution in [0.25, 0.3) is 10.9 Å². The molecule has 1 amide bonds. The summed E-state index contributed by atoms with van der Waals surface area (Å²) in [4.78, 5) is 11.9. The van der Waals surface area contributed by atoms with Crippen molar-refractivity contribution < 1.29 is 24.9 Å². The average Bonchev–Trinajstić information content (AvgIpc) is 3.65. The number of alkyl halides is 1. The first kappa shape index (κ1) is 25.5. The van der Waals surface area contributed by atoms with Crippen molar-refractivity contribution in [1.82, 2.24) is 9.88 Å². The van der Waals surface area contributed by atoms with Gasteiger partial charge >= 0.3 is 0 Å². The number of rotatable bonds is 8. The van der Waals surface area contributed by atoms with Crippen molar-refractivity contribution in [3.63, 3.8) is 0 Å². The molecule has 1 saturated heterocycles. The highest BCUT2D eigenvalue weighted by atomic mass is 35.5. The molecule has 1 aliphatic carbocycles. The van der Waals surface area contributed by atoms with Crippen LogP contribution < -0.4 is 5.32 Å². The van der Waals surface area contributed by atoms with Gasteiger partial charge in [-0.25, -0.2) is 0 Å². The molecule has 2 fully saturated rings. The predicted octanol–water partition coefficient (Wildman–Crippen LogP) is 3.49. The second-order valence-electron chi connectivity index (χ2n) is 9.67. The van der Waals surface area contributed by atoms with E-state index in [1.807, 2.05) is 24.4 Å². The molecule has 192 valence electrons. The summed E-state index contributed by atoms with van der Waals surface area (Å²) in [6.45, 7) is -0.0304. The second-order valence-corrected chi connectivity index (χ2v) is 10.5. The number of nitrogens with one attached hydrogen (secondary N) is 1. The smallest absolute Gasteiger partial charge is 0.221 e. The number of carbonyl (C=O) groups excluding carboxylic acids is 1. The van der Waals surface area contributed by atoms with Crippen molar-refractivity contribution in [3.8, 4) is 0 Å². The lowest BCUT2D eigenvalue weighted by Crippen LogP contribution is -2.58. The summed E-state index contributed by atoms with van der Waals surface area (Å²) >= 11 is 12.2. The van der Waals surface area contributed by atoms with E-state index in [2.05, 4.69) is 29.6 Å². The highest BCUT2D eigenvalue weighted by Gasteiger charge is 2.45. The molecular formula is C27H30Cl2N2O5. The number of aromatic nitrogens is 1. The fourth-order valence-electron chi connectivity index (χ4n) is 4.95. The first-order valence-electron chi connectivity index (χ1n) is 12.3. The van der Waals surface area contributed by atoms with Crippen LogP contribution in [0.2, 0.25) is 5.02 Å². The fraction of sp³-hybridized carbons (Fsp3) is 0.444. The van der Waals surface area contributed by atoms with Crippen LogP contribution in [0.15, 0.2) is 48.7 Å². The number of benzene rings is 2. The Hall–Kier alpha value is -2.13. The van der Waals surface area contributed by atoms with Gasteiger partial charge in [-0.1, -0.05) is 41.9 Å². The van der Waals surface area contributed by atoms with Gasteiger partial charge in [-0.05, 0) is 54.0 Å². The zero-order valence-corrected chi connectivity index (χ0v) is 21.2. The van der Waals surface area contributed by atoms with Crippen LogP contribution in [0.4, 0.5) is 0 Å². The number of fused-ring (bicyclic) bond motifs is 1. The molecule has 5 rings (SSSR count). The maximum absolute atomic E-state index is 11.9. The minimum absolute atomic E-state index is 0.0304. The molecule has 4 N–H and O–H groups in total. The molecule has 0 radical (unpaired) electrons. The lowest BCUT2D eigenvalue weighted by atomic mass is 9.97. The van der Waals surface area contributed by atoms with Gasteiger partial charge < -0.3 is 29.9 Å². The van der Waals surface area contributed by atoms with Gasteiger partial charge in [0.1, 0.15) is 24.4 Å². The van der Waals surface area contributed by atoms with Gasteiger partial charge in [-0.3, -0.25) is 4.79 Å². The van der Waals surface area contributed by atoms with E-state index < -0.39 is 30.6 Å². The zero-order valence-electron chi connectivity index (χ0n) is 19.7. The minimum atomic E-state index is -1.46. The maximum Gasteiger partial charge on any atom is 0.221 e. The summed E-state index contributed by atoms with van der Waals surface area (Å²) in [5.41, 5.74) is 4.20. The Kier molecular flexibility index (Phi) is 7.58. The van der Waals surface area contributed by atoms with Crippen LogP contribution in [-0.2, 0) is 16.0 Å². The highest BCUT2D eigenvalue weighted by Crippen LogP contribution is 2.40. The third kappa shape index (κ3) is 5.14. The van der Waals surface area contributed by atoms with Crippen LogP contribution >= 0.6 is 23.2 Å². The summed E-state index contributed by atoms with van der Waals surface area (Å²) in [6.07, 6.45) is -1.00. The van der Waals surface area contributed by atoms with E-state index in [0.717, 1.165) is 22.0 Å². The molecule has 1 saturated carbocycles. The normalized spacial score (nSPS) is 26.3. The molecule has 2 aromatic carbocycles. The number of aliphatic hydroxyl groups excluding tert-OH is 3. The highest BCUT2D eigenvalue weighted by molar-refractivity contribution is 6.35. The van der Waals surface area contributed by atoms with Gasteiger partial charge in [0.05, 0.1) is 10.5 Å². The fourth-order valence-corrected chi connectivity index (χ4v) is 5.42. The number of hydrogen-bond donors (Lipinski definition) is 4. The van der Waals surface area contributed by atoms with Crippen molar-refractivity contribution in [3.05, 3.63) is 70.4 Å². The Morgan fingerprint density at radius 2 is 1.81 bits per heavy atom. The molecule has 0 unspecified atom stereocenters. The van der Waals surface area contributed by atoms with E-state index >= 15 is 0 Å². The molecule has 36 heavy (non-hydrogen) atoms. The number of nitrogens with zero attached hydrogens (tertiary/aromatic N) is 1. The minimum Gasteiger partial charge on any atom is -0.388 e. The van der Waals surface area contributed by atoms with Gasteiger partial charge in [0.15, 0.2) is 6.23 Å². The van der Waals surface area contributed by atoms with Crippen molar-refractivity contribution in [2.45, 2.75) is 62.2 Å². The molecule has 5 atom stereocenters. The van der Waals surface area contributed by atoms with Gasteiger partial charge in [0, 0.05) is 30.4 Å². The Labute approximate surface area is 219 Å². The van der Waals surface area contributed by atoms with Crippen LogP contribution in [-0.4, -0.2) is 62.6 Å². The first-order chi connectivity index (χ1) is 17.4. The van der Waals surface area contributed by atoms with Crippen molar-refractivity contribution >= 4 is 40.0 Å². The SMILES string of the molecule is O=C(CCCl)NC[C@H]1O[C@@H](n2cc(Cc3ccc(C4CC4)cc3)c3c(Cl)cccc32)[C@H](O)[C@@H](O)[C@@H]1O. The molecule has 1 aliphatic heterocycles. The lowest BCUT2D eigenvalue weighted by molar-refractivity contribution is -0.242. The van der Waals surface area contributed by atoms with Crippen LogP contribution in [0.5, 0.6) is 0 Å². The van der Waals surface area contributed by atoms with Crippen LogP contribution in [0.1, 0.15) is 48.1 Å². The Morgan fingerprint density at radius 3 is 2.50 bits per heavy atom. The molecule has 3 aromatic rings. The summed E-state index contributed by atoms with van der Waals surface area (Å²) in [5.74, 6) is 0.576. The molecule has 9 heteroatoms. The summed E-state index contributed by atoms with van der Waals surface area (Å²) in [7, 11) is 0. The molecule has 0 spiro atoms. The van der Waals surface area contributed by atoms with Gasteiger partial charge in [-0.15, -0.1) is 11.6 Å². The standard InChI is InChI=1S/C27H30Cl2N2O5/c28-11-10-22(32)30-13-21-24(33)25(34)26(35)27(36-21)31-14-18(23-19(29)2-1-3-20(23)31)12-15-4-6-16(7-5-15)17-8-9-17/h1-7,14,17,21,24-27,33-35H,8-13H2,(H,30,32)/t21-,24-,25+,26-,27-/m1/s1. The zero-order chi connectivity index (χ0) is 25.4. The lowest BCUT2D eigenvalue weighted by Gasteiger charge is -2.41. The maximum atomic E-state index is 11.9. The Morgan fingerprint density at radius 1 is 1.06 bits per heavy atom. The van der Waals surface area contributed by atoms with E-state index in [1.165, 1.54) is 18.4 Å². The molecule has 1 aromatic heterocycles. The topological polar surface area (TPSA) is 104 Å². The summed E-state index contributed by atoms with van der Waals surface area (Å²) in [6, 6.07) is 14.2. The molecule has 2 aliphatic rings. The summed E-state index contributed by atoms with van der Waals surface area (Å²) < 4.78 is 7.82. The van der Waals surface area contributed by atoms with Gasteiger partial charge in [-0.2, -0.15) is 0 Å². The second kappa shape index (κ2) is 10.7. The molecular weight excluding hydrogens is 503 g/mol. The van der Waals surface area contributed by atoms with E-state index in [-0.39, 0.29) is 24.8 Å². The van der Waals surface area contributed by atoms with Crippen molar-refractivity contribution in [1.29, 1.82) is 0 Å². The van der Waals surface area contributed by atoms with Crippen LogP contribution in [0.3, 0.4) is 0 Å². The molecule has 0 bridgehead atoms. The molecule has 7 nitrogen and oxygen atoms in total. The molecule has 2 heterocycles. The summed E-state index contributed by atoms with van der Waals surface area (Å²) in [5, 5.41) is 36.0. The quantitative estimate of drug-likeness (QED) is 0.332. The van der Waals surface area contributed by atoms with E-state index in [4.69, 9.17) is 27.9 Å². The van der Waals surface area contributed by atoms with Crippen molar-refractivity contribution in [2.24, 2.45) is 0 Å². The van der Waals surface area contributed by atoms with Crippen LogP contribution in [0, 0.1) is 0 Å². The Balaban J connectivity index is 1.44. The van der Waals surface area contributed by atoms with E-state index in [0.29, 0.717) is 17.4 Å². The van der Waals surface area contributed by atoms with E-state index in [9.17, 15) is 20.1 Å². The number of amides is 1. The number of carbonyl (C=O) groups is 1. The number of halogens is 2. The predicted molar refractivity (Wildman–Crippen MR) is 138 cm³/mol. The third-order valence-corrected chi connectivity index (χ3v) is 7.60. The van der Waals surface area contributed by atoms with Crippen molar-refractivity contribution in [2.75, 3.05) is 12.4 Å². The Bertz CT molecular complexity index is 1230. The van der Waals surface area contributed by atoms with E-state index in [1.54, 1.807) is 4.57 Å². The number of ether oxygens (including phenoxy) is 1. The van der Waals surface area contributed by atoms with Gasteiger partial charge in [0.2, 0.25) is 5.91 Å².